The standard InChI is InChI=1S/C14H18BrF2NO/c1-19-13-6-5-10(15)8-12(13)14(16,17)9-11-4-2-3-7-18-11/h5-6,8,11,18H,2-4,7,9H2,1H3. The number of benzene rings is 1. The number of alkyl halides is 2. The van der Waals surface area contributed by atoms with Crippen molar-refractivity contribution in [2.45, 2.75) is 37.6 Å². The minimum absolute atomic E-state index is 0.0447. The van der Waals surface area contributed by atoms with Crippen LogP contribution in [0.1, 0.15) is 31.2 Å². The molecule has 1 saturated heterocycles. The zero-order valence-electron chi connectivity index (χ0n) is 10.9. The Kier molecular flexibility index (Phi) is 4.79. The van der Waals surface area contributed by atoms with Crippen LogP contribution in [-0.2, 0) is 5.92 Å². The average molecular weight is 334 g/mol. The van der Waals surface area contributed by atoms with Gasteiger partial charge in [0.05, 0.1) is 12.7 Å². The molecular weight excluding hydrogens is 316 g/mol. The highest BCUT2D eigenvalue weighted by molar-refractivity contribution is 9.10. The Labute approximate surface area is 120 Å². The van der Waals surface area contributed by atoms with Gasteiger partial charge in [-0.1, -0.05) is 22.4 Å². The molecule has 19 heavy (non-hydrogen) atoms. The van der Waals surface area contributed by atoms with Crippen LogP contribution in [0.15, 0.2) is 22.7 Å². The van der Waals surface area contributed by atoms with E-state index in [4.69, 9.17) is 4.74 Å². The van der Waals surface area contributed by atoms with Crippen LogP contribution in [0.3, 0.4) is 0 Å². The van der Waals surface area contributed by atoms with Crippen molar-refractivity contribution in [1.82, 2.24) is 5.32 Å². The van der Waals surface area contributed by atoms with E-state index in [0.717, 1.165) is 25.8 Å². The molecule has 1 heterocycles. The molecule has 0 aliphatic carbocycles. The van der Waals surface area contributed by atoms with Gasteiger partial charge < -0.3 is 10.1 Å². The lowest BCUT2D eigenvalue weighted by Crippen LogP contribution is -2.38. The summed E-state index contributed by atoms with van der Waals surface area (Å²) in [6.07, 6.45) is 2.72. The summed E-state index contributed by atoms with van der Waals surface area (Å²) in [5.74, 6) is -2.64. The van der Waals surface area contributed by atoms with Gasteiger partial charge in [0.25, 0.3) is 5.92 Å². The topological polar surface area (TPSA) is 21.3 Å². The van der Waals surface area contributed by atoms with Crippen LogP contribution in [0, 0.1) is 0 Å². The van der Waals surface area contributed by atoms with Gasteiger partial charge in [-0.3, -0.25) is 0 Å². The van der Waals surface area contributed by atoms with Crippen LogP contribution < -0.4 is 10.1 Å². The number of ether oxygens (including phenoxy) is 1. The third-order valence-electron chi connectivity index (χ3n) is 3.47. The molecule has 1 fully saturated rings. The zero-order valence-corrected chi connectivity index (χ0v) is 12.5. The molecule has 1 unspecified atom stereocenters. The molecule has 106 valence electrons. The van der Waals surface area contributed by atoms with E-state index in [1.807, 2.05) is 0 Å². The number of nitrogens with one attached hydrogen (secondary N) is 1. The molecular formula is C14H18BrF2NO. The Morgan fingerprint density at radius 3 is 2.84 bits per heavy atom. The Morgan fingerprint density at radius 2 is 2.21 bits per heavy atom. The predicted octanol–water partition coefficient (Wildman–Crippen LogP) is 4.08. The van der Waals surface area contributed by atoms with E-state index in [-0.39, 0.29) is 23.8 Å². The van der Waals surface area contributed by atoms with E-state index in [1.54, 1.807) is 12.1 Å². The Morgan fingerprint density at radius 1 is 1.42 bits per heavy atom. The van der Waals surface area contributed by atoms with E-state index in [2.05, 4.69) is 21.2 Å². The fraction of sp³-hybridized carbons (Fsp3) is 0.571. The van der Waals surface area contributed by atoms with Crippen LogP contribution in [-0.4, -0.2) is 19.7 Å². The minimum Gasteiger partial charge on any atom is -0.496 e. The molecule has 0 amide bonds. The predicted molar refractivity (Wildman–Crippen MR) is 74.8 cm³/mol. The molecule has 1 aromatic rings. The fourth-order valence-electron chi connectivity index (χ4n) is 2.48. The molecule has 2 nitrogen and oxygen atoms in total. The lowest BCUT2D eigenvalue weighted by molar-refractivity contribution is -0.0272. The van der Waals surface area contributed by atoms with Crippen molar-refractivity contribution in [3.8, 4) is 5.75 Å². The first kappa shape index (κ1) is 14.7. The fourth-order valence-corrected chi connectivity index (χ4v) is 2.84. The van der Waals surface area contributed by atoms with Crippen molar-refractivity contribution in [1.29, 1.82) is 0 Å². The van der Waals surface area contributed by atoms with Crippen LogP contribution >= 0.6 is 15.9 Å². The third kappa shape index (κ3) is 3.66. The second kappa shape index (κ2) is 6.18. The van der Waals surface area contributed by atoms with Crippen molar-refractivity contribution >= 4 is 15.9 Å². The molecule has 0 radical (unpaired) electrons. The van der Waals surface area contributed by atoms with Gasteiger partial charge in [0.1, 0.15) is 5.75 Å². The molecule has 5 heteroatoms. The first-order valence-corrected chi connectivity index (χ1v) is 7.27. The van der Waals surface area contributed by atoms with Gasteiger partial charge in [0, 0.05) is 16.9 Å². The van der Waals surface area contributed by atoms with Gasteiger partial charge in [-0.15, -0.1) is 0 Å². The number of piperidine rings is 1. The van der Waals surface area contributed by atoms with Gasteiger partial charge in [0.2, 0.25) is 0 Å². The molecule has 0 saturated carbocycles. The first-order valence-electron chi connectivity index (χ1n) is 6.48. The molecule has 1 aliphatic rings. The van der Waals surface area contributed by atoms with E-state index < -0.39 is 5.92 Å². The summed E-state index contributed by atoms with van der Waals surface area (Å²) >= 11 is 3.24. The number of methoxy groups -OCH3 is 1. The normalized spacial score (nSPS) is 20.3. The molecule has 1 aliphatic heterocycles. The lowest BCUT2D eigenvalue weighted by Gasteiger charge is -2.28. The van der Waals surface area contributed by atoms with Crippen molar-refractivity contribution in [3.63, 3.8) is 0 Å². The van der Waals surface area contributed by atoms with Gasteiger partial charge in [-0.05, 0) is 37.6 Å². The highest BCUT2D eigenvalue weighted by Gasteiger charge is 2.37. The quantitative estimate of drug-likeness (QED) is 0.896. The average Bonchev–Trinajstić information content (AvgIpc) is 2.39. The summed E-state index contributed by atoms with van der Waals surface area (Å²) in [5, 5.41) is 3.16. The molecule has 1 atom stereocenters. The molecule has 0 spiro atoms. The van der Waals surface area contributed by atoms with Crippen LogP contribution in [0.25, 0.3) is 0 Å². The van der Waals surface area contributed by atoms with Crippen molar-refractivity contribution in [3.05, 3.63) is 28.2 Å². The van der Waals surface area contributed by atoms with Crippen molar-refractivity contribution in [2.75, 3.05) is 13.7 Å². The van der Waals surface area contributed by atoms with E-state index in [9.17, 15) is 8.78 Å². The minimum atomic E-state index is -2.88. The number of rotatable bonds is 4. The maximum Gasteiger partial charge on any atom is 0.278 e. The van der Waals surface area contributed by atoms with E-state index in [1.165, 1.54) is 13.2 Å². The highest BCUT2D eigenvalue weighted by Crippen LogP contribution is 2.40. The third-order valence-corrected chi connectivity index (χ3v) is 3.96. The second-order valence-corrected chi connectivity index (χ2v) is 5.82. The summed E-state index contributed by atoms with van der Waals surface area (Å²) in [5.41, 5.74) is -0.0447. The number of halogens is 3. The number of hydrogen-bond acceptors (Lipinski definition) is 2. The second-order valence-electron chi connectivity index (χ2n) is 4.90. The highest BCUT2D eigenvalue weighted by atomic mass is 79.9. The largest absolute Gasteiger partial charge is 0.496 e. The van der Waals surface area contributed by atoms with E-state index in [0.29, 0.717) is 4.47 Å². The van der Waals surface area contributed by atoms with E-state index >= 15 is 0 Å². The van der Waals surface area contributed by atoms with Gasteiger partial charge >= 0.3 is 0 Å². The van der Waals surface area contributed by atoms with Gasteiger partial charge in [-0.2, -0.15) is 0 Å². The van der Waals surface area contributed by atoms with Crippen molar-refractivity contribution in [2.24, 2.45) is 0 Å². The lowest BCUT2D eigenvalue weighted by atomic mass is 9.94. The van der Waals surface area contributed by atoms with Crippen molar-refractivity contribution < 1.29 is 13.5 Å². The van der Waals surface area contributed by atoms with Crippen LogP contribution in [0.5, 0.6) is 5.75 Å². The van der Waals surface area contributed by atoms with Gasteiger partial charge in [-0.25, -0.2) is 8.78 Å². The molecule has 2 rings (SSSR count). The van der Waals surface area contributed by atoms with Crippen LogP contribution in [0.4, 0.5) is 8.78 Å². The molecule has 1 N–H and O–H groups in total. The number of hydrogen-bond donors (Lipinski definition) is 1. The molecule has 0 aromatic heterocycles. The molecule has 0 bridgehead atoms. The summed E-state index contributed by atoms with van der Waals surface area (Å²) in [4.78, 5) is 0. The zero-order chi connectivity index (χ0) is 13.9. The van der Waals surface area contributed by atoms with Gasteiger partial charge in [0.15, 0.2) is 0 Å². The summed E-state index contributed by atoms with van der Waals surface area (Å²) in [6.45, 7) is 0.830. The monoisotopic (exact) mass is 333 g/mol. The Bertz CT molecular complexity index is 433. The summed E-state index contributed by atoms with van der Waals surface area (Å²) in [7, 11) is 1.42. The Hall–Kier alpha value is -0.680. The SMILES string of the molecule is COc1ccc(Br)cc1C(F)(F)CC1CCCCN1. The first-order chi connectivity index (χ1) is 9.03. The van der Waals surface area contributed by atoms with Crippen LogP contribution in [0.2, 0.25) is 0 Å². The summed E-state index contributed by atoms with van der Waals surface area (Å²) in [6, 6.07) is 4.60. The Balaban J connectivity index is 2.19. The maximum absolute atomic E-state index is 14.4. The molecule has 1 aromatic carbocycles. The smallest absolute Gasteiger partial charge is 0.278 e. The summed E-state index contributed by atoms with van der Waals surface area (Å²) < 4.78 is 34.5. The maximum atomic E-state index is 14.4.